The molecule has 36 heavy (non-hydrogen) atoms. The topological polar surface area (TPSA) is 144 Å². The zero-order valence-electron chi connectivity index (χ0n) is 18.8. The monoisotopic (exact) mass is 536 g/mol. The van der Waals surface area contributed by atoms with Gasteiger partial charge in [0.25, 0.3) is 0 Å². The third kappa shape index (κ3) is 6.79. The van der Waals surface area contributed by atoms with E-state index in [1.807, 2.05) is 6.07 Å². The highest BCUT2D eigenvalue weighted by atomic mass is 35.5. The number of phosphoric acid groups is 1. The molecule has 1 unspecified atom stereocenters. The largest absolute Gasteiger partial charge is 0.477 e. The van der Waals surface area contributed by atoms with Gasteiger partial charge in [0.05, 0.1) is 12.3 Å². The van der Waals surface area contributed by atoms with Crippen LogP contribution < -0.4 is 10.5 Å². The Kier molecular flexibility index (Phi) is 8.20. The standard InChI is InChI=1S/C23H23ClFN4O6P/c24-19-4-1-5-20(25)17(19)8-10-33-22-7-6-15(13-27-22)11-16-12-21(35-28-16)18-3-2-9-29(23(18)26)14-34-36(30,31)32/h1-7,9,12-13,23H,8,10-11,14,26H2,(H2,30,31,32). The molecule has 4 rings (SSSR count). The predicted molar refractivity (Wildman–Crippen MR) is 129 cm³/mol. The zero-order chi connectivity index (χ0) is 25.7. The summed E-state index contributed by atoms with van der Waals surface area (Å²) >= 11 is 6.03. The van der Waals surface area contributed by atoms with Gasteiger partial charge < -0.3 is 29.7 Å². The molecule has 0 bridgehead atoms. The second kappa shape index (κ2) is 11.3. The summed E-state index contributed by atoms with van der Waals surface area (Å²) in [6.07, 6.45) is 6.59. The second-order valence-corrected chi connectivity index (χ2v) is 9.48. The van der Waals surface area contributed by atoms with Gasteiger partial charge in [-0.2, -0.15) is 0 Å². The minimum absolute atomic E-state index is 0.222. The van der Waals surface area contributed by atoms with E-state index in [0.29, 0.717) is 46.3 Å². The highest BCUT2D eigenvalue weighted by molar-refractivity contribution is 7.46. The molecule has 3 aromatic rings. The lowest BCUT2D eigenvalue weighted by Gasteiger charge is -2.30. The molecule has 3 heterocycles. The molecule has 190 valence electrons. The molecule has 0 spiro atoms. The Morgan fingerprint density at radius 2 is 2.11 bits per heavy atom. The van der Waals surface area contributed by atoms with E-state index < -0.39 is 20.7 Å². The minimum atomic E-state index is -4.64. The number of hydrogen-bond donors (Lipinski definition) is 3. The Labute approximate surface area is 211 Å². The molecule has 0 fully saturated rings. The molecule has 0 aliphatic carbocycles. The number of pyridine rings is 1. The maximum Gasteiger partial charge on any atom is 0.471 e. The highest BCUT2D eigenvalue weighted by Crippen LogP contribution is 2.36. The Morgan fingerprint density at radius 1 is 1.28 bits per heavy atom. The minimum Gasteiger partial charge on any atom is -0.477 e. The molecule has 4 N–H and O–H groups in total. The molecule has 0 saturated carbocycles. The normalized spacial score (nSPS) is 15.8. The first-order valence-corrected chi connectivity index (χ1v) is 12.7. The van der Waals surface area contributed by atoms with E-state index in [-0.39, 0.29) is 12.4 Å². The average molecular weight is 537 g/mol. The van der Waals surface area contributed by atoms with Crippen molar-refractivity contribution in [2.24, 2.45) is 5.73 Å². The molecule has 0 saturated heterocycles. The van der Waals surface area contributed by atoms with E-state index in [2.05, 4.69) is 14.7 Å². The molecule has 0 radical (unpaired) electrons. The van der Waals surface area contributed by atoms with Gasteiger partial charge in [0, 0.05) is 53.5 Å². The molecule has 1 aliphatic rings. The smallest absolute Gasteiger partial charge is 0.471 e. The molecule has 1 aliphatic heterocycles. The molecule has 13 heteroatoms. The molecular weight excluding hydrogens is 514 g/mol. The maximum atomic E-state index is 13.9. The van der Waals surface area contributed by atoms with Crippen LogP contribution in [0.25, 0.3) is 5.57 Å². The van der Waals surface area contributed by atoms with E-state index in [1.165, 1.54) is 11.0 Å². The van der Waals surface area contributed by atoms with Crippen LogP contribution in [0.1, 0.15) is 22.6 Å². The number of nitrogens with two attached hydrogens (primary N) is 1. The lowest BCUT2D eigenvalue weighted by atomic mass is 10.1. The van der Waals surface area contributed by atoms with Crippen LogP contribution in [0.3, 0.4) is 0 Å². The van der Waals surface area contributed by atoms with Gasteiger partial charge in [-0.3, -0.25) is 4.52 Å². The first-order chi connectivity index (χ1) is 17.2. The van der Waals surface area contributed by atoms with E-state index in [1.54, 1.807) is 48.8 Å². The average Bonchev–Trinajstić information content (AvgIpc) is 3.29. The quantitative estimate of drug-likeness (QED) is 0.328. The van der Waals surface area contributed by atoms with Gasteiger partial charge in [-0.25, -0.2) is 13.9 Å². The van der Waals surface area contributed by atoms with Crippen molar-refractivity contribution in [3.8, 4) is 5.88 Å². The highest BCUT2D eigenvalue weighted by Gasteiger charge is 2.25. The number of halogens is 2. The van der Waals surface area contributed by atoms with Crippen LogP contribution in [-0.2, 0) is 21.9 Å². The molecule has 1 aromatic carbocycles. The van der Waals surface area contributed by atoms with Crippen molar-refractivity contribution in [1.82, 2.24) is 15.0 Å². The summed E-state index contributed by atoms with van der Waals surface area (Å²) in [7, 11) is -4.64. The number of ether oxygens (including phenoxy) is 1. The van der Waals surface area contributed by atoms with E-state index in [9.17, 15) is 8.96 Å². The summed E-state index contributed by atoms with van der Waals surface area (Å²) in [5, 5.41) is 4.44. The van der Waals surface area contributed by atoms with Crippen LogP contribution in [0.2, 0.25) is 5.02 Å². The van der Waals surface area contributed by atoms with Crippen molar-refractivity contribution < 1.29 is 32.5 Å². The summed E-state index contributed by atoms with van der Waals surface area (Å²) in [6.45, 7) is -0.173. The molecule has 0 amide bonds. The number of benzene rings is 1. The van der Waals surface area contributed by atoms with Gasteiger partial charge in [0.1, 0.15) is 18.7 Å². The van der Waals surface area contributed by atoms with Crippen LogP contribution in [0.5, 0.6) is 5.88 Å². The lowest BCUT2D eigenvalue weighted by Crippen LogP contribution is -2.41. The van der Waals surface area contributed by atoms with Crippen molar-refractivity contribution in [1.29, 1.82) is 0 Å². The summed E-state index contributed by atoms with van der Waals surface area (Å²) in [5.41, 5.74) is 8.66. The van der Waals surface area contributed by atoms with Crippen molar-refractivity contribution >= 4 is 25.0 Å². The zero-order valence-corrected chi connectivity index (χ0v) is 20.5. The van der Waals surface area contributed by atoms with Crippen LogP contribution in [-0.4, -0.2) is 44.3 Å². The first kappa shape index (κ1) is 26.0. The Morgan fingerprint density at radius 3 is 2.83 bits per heavy atom. The molecule has 10 nitrogen and oxygen atoms in total. The molecular formula is C23H23ClFN4O6P. The third-order valence-electron chi connectivity index (χ3n) is 5.29. The molecule has 2 aromatic heterocycles. The van der Waals surface area contributed by atoms with E-state index in [0.717, 1.165) is 5.56 Å². The summed E-state index contributed by atoms with van der Waals surface area (Å²) in [4.78, 5) is 23.5. The van der Waals surface area contributed by atoms with Crippen LogP contribution in [0.4, 0.5) is 4.39 Å². The van der Waals surface area contributed by atoms with E-state index in [4.69, 9.17) is 36.4 Å². The number of nitrogens with zero attached hydrogens (tertiary/aromatic N) is 3. The number of rotatable bonds is 10. The van der Waals surface area contributed by atoms with Crippen LogP contribution in [0.15, 0.2) is 65.5 Å². The van der Waals surface area contributed by atoms with Gasteiger partial charge in [-0.1, -0.05) is 35.0 Å². The Bertz CT molecular complexity index is 1290. The Hall–Kier alpha value is -3.05. The fourth-order valence-corrected chi connectivity index (χ4v) is 4.03. The number of hydrogen-bond acceptors (Lipinski definition) is 8. The number of aromatic nitrogens is 2. The van der Waals surface area contributed by atoms with Crippen molar-refractivity contribution in [3.63, 3.8) is 0 Å². The SMILES string of the molecule is NC1C(c2cc(Cc3ccc(OCCc4c(F)cccc4Cl)nc3)no2)=CC=CN1COP(=O)(O)O. The fourth-order valence-electron chi connectivity index (χ4n) is 3.49. The predicted octanol–water partition coefficient (Wildman–Crippen LogP) is 3.64. The van der Waals surface area contributed by atoms with Gasteiger partial charge in [-0.05, 0) is 23.8 Å². The van der Waals surface area contributed by atoms with Crippen LogP contribution in [0, 0.1) is 5.82 Å². The van der Waals surface area contributed by atoms with Gasteiger partial charge in [0.2, 0.25) is 5.88 Å². The van der Waals surface area contributed by atoms with Crippen LogP contribution >= 0.6 is 19.4 Å². The van der Waals surface area contributed by atoms with Gasteiger partial charge >= 0.3 is 7.82 Å². The van der Waals surface area contributed by atoms with Gasteiger partial charge in [-0.15, -0.1) is 0 Å². The fraction of sp³-hybridized carbons (Fsp3) is 0.217. The molecule has 1 atom stereocenters. The lowest BCUT2D eigenvalue weighted by molar-refractivity contribution is 0.110. The summed E-state index contributed by atoms with van der Waals surface area (Å²) in [5.74, 6) is 0.446. The summed E-state index contributed by atoms with van der Waals surface area (Å²) in [6, 6.07) is 9.82. The number of phosphoric ester groups is 1. The third-order valence-corrected chi connectivity index (χ3v) is 6.10. The van der Waals surface area contributed by atoms with Crippen molar-refractivity contribution in [2.75, 3.05) is 13.3 Å². The van der Waals surface area contributed by atoms with Gasteiger partial charge in [0.15, 0.2) is 5.76 Å². The van der Waals surface area contributed by atoms with Crippen molar-refractivity contribution in [3.05, 3.63) is 94.4 Å². The maximum absolute atomic E-state index is 13.9. The van der Waals surface area contributed by atoms with Crippen molar-refractivity contribution in [2.45, 2.75) is 19.0 Å². The summed E-state index contributed by atoms with van der Waals surface area (Å²) < 4.78 is 40.4. The number of allylic oxidation sites excluding steroid dienone is 2. The first-order valence-electron chi connectivity index (χ1n) is 10.8. The van der Waals surface area contributed by atoms with E-state index >= 15 is 0 Å². The Balaban J connectivity index is 1.32. The second-order valence-electron chi connectivity index (χ2n) is 7.83.